The van der Waals surface area contributed by atoms with Gasteiger partial charge in [0.05, 0.1) is 17.4 Å². The predicted octanol–water partition coefficient (Wildman–Crippen LogP) is 2.27. The maximum atomic E-state index is 13.5. The summed E-state index contributed by atoms with van der Waals surface area (Å²) < 4.78 is 31.6. The minimum absolute atomic E-state index is 0.0701. The molecular weight excluding hydrogens is 228 g/mol. The van der Waals surface area contributed by atoms with Crippen LogP contribution in [0.15, 0.2) is 22.9 Å². The van der Waals surface area contributed by atoms with Gasteiger partial charge >= 0.3 is 0 Å². The highest BCUT2D eigenvalue weighted by Crippen LogP contribution is 2.31. The second-order valence-electron chi connectivity index (χ2n) is 3.79. The molecule has 0 radical (unpaired) electrons. The van der Waals surface area contributed by atoms with Crippen LogP contribution in [0.2, 0.25) is 0 Å². The standard InChI is InChI=1S/C11H11F2N3O/c1-16(2)9-4-6(3-8(12)10(9)13)7-5-15-17-11(7)14/h3-5H,14H2,1-2H3. The van der Waals surface area contributed by atoms with Gasteiger partial charge < -0.3 is 15.2 Å². The van der Waals surface area contributed by atoms with Crippen LogP contribution in [0.4, 0.5) is 20.4 Å². The molecule has 90 valence electrons. The third-order valence-electron chi connectivity index (χ3n) is 2.40. The van der Waals surface area contributed by atoms with E-state index in [1.165, 1.54) is 17.2 Å². The van der Waals surface area contributed by atoms with Crippen LogP contribution in [-0.2, 0) is 0 Å². The summed E-state index contributed by atoms with van der Waals surface area (Å²) in [5.74, 6) is -1.76. The molecule has 17 heavy (non-hydrogen) atoms. The molecule has 0 aliphatic heterocycles. The average Bonchev–Trinajstić information content (AvgIpc) is 2.68. The normalized spacial score (nSPS) is 10.6. The van der Waals surface area contributed by atoms with Crippen LogP contribution >= 0.6 is 0 Å². The molecule has 0 saturated carbocycles. The second-order valence-corrected chi connectivity index (χ2v) is 3.79. The molecule has 0 spiro atoms. The van der Waals surface area contributed by atoms with E-state index in [0.717, 1.165) is 6.07 Å². The zero-order valence-corrected chi connectivity index (χ0v) is 9.37. The largest absolute Gasteiger partial charge is 0.375 e. The van der Waals surface area contributed by atoms with E-state index in [-0.39, 0.29) is 11.6 Å². The quantitative estimate of drug-likeness (QED) is 0.873. The molecule has 2 rings (SSSR count). The van der Waals surface area contributed by atoms with Gasteiger partial charge in [-0.25, -0.2) is 8.78 Å². The fourth-order valence-electron chi connectivity index (χ4n) is 1.52. The van der Waals surface area contributed by atoms with Gasteiger partial charge in [0.15, 0.2) is 11.6 Å². The van der Waals surface area contributed by atoms with Gasteiger partial charge in [-0.15, -0.1) is 0 Å². The molecule has 2 N–H and O–H groups in total. The lowest BCUT2D eigenvalue weighted by molar-refractivity contribution is 0.436. The van der Waals surface area contributed by atoms with Crippen LogP contribution in [0.3, 0.4) is 0 Å². The number of nitrogens with zero attached hydrogens (tertiary/aromatic N) is 2. The van der Waals surface area contributed by atoms with Crippen molar-refractivity contribution in [2.24, 2.45) is 0 Å². The van der Waals surface area contributed by atoms with Gasteiger partial charge in [-0.3, -0.25) is 0 Å². The summed E-state index contributed by atoms with van der Waals surface area (Å²) in [6, 6.07) is 2.55. The van der Waals surface area contributed by atoms with E-state index in [1.807, 2.05) is 0 Å². The summed E-state index contributed by atoms with van der Waals surface area (Å²) in [5, 5.41) is 3.49. The Morgan fingerprint density at radius 3 is 2.53 bits per heavy atom. The molecule has 1 heterocycles. The lowest BCUT2D eigenvalue weighted by Crippen LogP contribution is -2.11. The molecule has 0 unspecified atom stereocenters. The third kappa shape index (κ3) is 1.93. The summed E-state index contributed by atoms with van der Waals surface area (Å²) in [6.45, 7) is 0. The summed E-state index contributed by atoms with van der Waals surface area (Å²) >= 11 is 0. The first kappa shape index (κ1) is 11.4. The maximum absolute atomic E-state index is 13.5. The molecule has 0 bridgehead atoms. The van der Waals surface area contributed by atoms with Crippen molar-refractivity contribution in [2.45, 2.75) is 0 Å². The highest BCUT2D eigenvalue weighted by molar-refractivity contribution is 5.75. The second kappa shape index (κ2) is 4.04. The Labute approximate surface area is 96.6 Å². The van der Waals surface area contributed by atoms with Crippen molar-refractivity contribution >= 4 is 11.6 Å². The molecule has 0 saturated heterocycles. The minimum Gasteiger partial charge on any atom is -0.375 e. The Hall–Kier alpha value is -2.11. The molecule has 0 amide bonds. The summed E-state index contributed by atoms with van der Waals surface area (Å²) in [6.07, 6.45) is 1.36. The molecular formula is C11H11F2N3O. The first-order valence-corrected chi connectivity index (χ1v) is 4.87. The van der Waals surface area contributed by atoms with Gasteiger partial charge in [0, 0.05) is 14.1 Å². The van der Waals surface area contributed by atoms with Crippen LogP contribution in [0.5, 0.6) is 0 Å². The monoisotopic (exact) mass is 239 g/mol. The van der Waals surface area contributed by atoms with Gasteiger partial charge in [0.2, 0.25) is 5.88 Å². The Kier molecular flexibility index (Phi) is 2.71. The van der Waals surface area contributed by atoms with Gasteiger partial charge in [0.1, 0.15) is 0 Å². The topological polar surface area (TPSA) is 55.3 Å². The van der Waals surface area contributed by atoms with E-state index in [9.17, 15) is 8.78 Å². The van der Waals surface area contributed by atoms with Crippen LogP contribution in [-0.4, -0.2) is 19.3 Å². The maximum Gasteiger partial charge on any atom is 0.229 e. The number of nitrogen functional groups attached to an aromatic ring is 1. The zero-order valence-electron chi connectivity index (χ0n) is 9.37. The van der Waals surface area contributed by atoms with E-state index in [2.05, 4.69) is 9.68 Å². The van der Waals surface area contributed by atoms with E-state index < -0.39 is 11.6 Å². The smallest absolute Gasteiger partial charge is 0.229 e. The molecule has 1 aromatic heterocycles. The summed E-state index contributed by atoms with van der Waals surface area (Å²) in [4.78, 5) is 1.48. The van der Waals surface area contributed by atoms with Crippen molar-refractivity contribution in [3.63, 3.8) is 0 Å². The number of hydrogen-bond donors (Lipinski definition) is 1. The van der Waals surface area contributed by atoms with Crippen molar-refractivity contribution in [3.8, 4) is 11.1 Å². The Balaban J connectivity index is 2.61. The third-order valence-corrected chi connectivity index (χ3v) is 2.40. The van der Waals surface area contributed by atoms with Gasteiger partial charge in [0.25, 0.3) is 0 Å². The molecule has 0 atom stereocenters. The van der Waals surface area contributed by atoms with E-state index in [4.69, 9.17) is 5.73 Å². The molecule has 0 aliphatic carbocycles. The van der Waals surface area contributed by atoms with Crippen LogP contribution in [0.25, 0.3) is 11.1 Å². The van der Waals surface area contributed by atoms with E-state index >= 15 is 0 Å². The van der Waals surface area contributed by atoms with Gasteiger partial charge in [-0.05, 0) is 17.7 Å². The van der Waals surface area contributed by atoms with Gasteiger partial charge in [-0.1, -0.05) is 5.16 Å². The van der Waals surface area contributed by atoms with Crippen LogP contribution < -0.4 is 10.6 Å². The van der Waals surface area contributed by atoms with Gasteiger partial charge in [-0.2, -0.15) is 0 Å². The summed E-state index contributed by atoms with van der Waals surface area (Å²) in [7, 11) is 3.25. The lowest BCUT2D eigenvalue weighted by atomic mass is 10.1. The van der Waals surface area contributed by atoms with Crippen molar-refractivity contribution in [2.75, 3.05) is 24.7 Å². The van der Waals surface area contributed by atoms with Crippen LogP contribution in [0, 0.1) is 11.6 Å². The first-order chi connectivity index (χ1) is 8.00. The Bertz CT molecular complexity index is 552. The molecule has 0 aliphatic rings. The number of rotatable bonds is 2. The number of anilines is 2. The fraction of sp³-hybridized carbons (Fsp3) is 0.182. The fourth-order valence-corrected chi connectivity index (χ4v) is 1.52. The molecule has 4 nitrogen and oxygen atoms in total. The van der Waals surface area contributed by atoms with Crippen molar-refractivity contribution < 1.29 is 13.3 Å². The molecule has 2 aromatic rings. The highest BCUT2D eigenvalue weighted by atomic mass is 19.2. The Morgan fingerprint density at radius 1 is 1.29 bits per heavy atom. The van der Waals surface area contributed by atoms with Crippen molar-refractivity contribution in [1.82, 2.24) is 5.16 Å². The van der Waals surface area contributed by atoms with E-state index in [0.29, 0.717) is 11.1 Å². The predicted molar refractivity (Wildman–Crippen MR) is 60.6 cm³/mol. The highest BCUT2D eigenvalue weighted by Gasteiger charge is 2.16. The number of nitrogens with two attached hydrogens (primary N) is 1. The SMILES string of the molecule is CN(C)c1cc(-c2cnoc2N)cc(F)c1F. The molecule has 6 heteroatoms. The molecule has 1 aromatic carbocycles. The van der Waals surface area contributed by atoms with Crippen molar-refractivity contribution in [1.29, 1.82) is 0 Å². The first-order valence-electron chi connectivity index (χ1n) is 4.87. The number of aromatic nitrogens is 1. The number of halogens is 2. The zero-order chi connectivity index (χ0) is 12.6. The summed E-state index contributed by atoms with van der Waals surface area (Å²) in [5.41, 5.74) is 6.53. The molecule has 0 fully saturated rings. The van der Waals surface area contributed by atoms with E-state index in [1.54, 1.807) is 14.1 Å². The Morgan fingerprint density at radius 2 is 2.00 bits per heavy atom. The van der Waals surface area contributed by atoms with Crippen LogP contribution in [0.1, 0.15) is 0 Å². The number of hydrogen-bond acceptors (Lipinski definition) is 4. The number of benzene rings is 1. The van der Waals surface area contributed by atoms with Crippen molar-refractivity contribution in [3.05, 3.63) is 30.0 Å². The minimum atomic E-state index is -0.938. The lowest BCUT2D eigenvalue weighted by Gasteiger charge is -2.15. The average molecular weight is 239 g/mol.